The first kappa shape index (κ1) is 17.0. The zero-order valence-electron chi connectivity index (χ0n) is 15.5. The number of carbonyl (C=O) groups is 2. The Labute approximate surface area is 161 Å². The summed E-state index contributed by atoms with van der Waals surface area (Å²) in [7, 11) is 0. The fourth-order valence-electron chi connectivity index (χ4n) is 3.71. The van der Waals surface area contributed by atoms with Crippen LogP contribution < -0.4 is 5.32 Å². The van der Waals surface area contributed by atoms with E-state index in [1.54, 1.807) is 17.3 Å². The minimum atomic E-state index is -0.253. The molecule has 1 aliphatic carbocycles. The Morgan fingerprint density at radius 1 is 1.32 bits per heavy atom. The quantitative estimate of drug-likeness (QED) is 0.724. The van der Waals surface area contributed by atoms with Gasteiger partial charge in [-0.2, -0.15) is 0 Å². The second-order valence-corrected chi connectivity index (χ2v) is 7.75. The third kappa shape index (κ3) is 3.04. The second kappa shape index (κ2) is 6.47. The number of rotatable bonds is 4. The van der Waals surface area contributed by atoms with Crippen molar-refractivity contribution in [1.82, 2.24) is 25.2 Å². The molecule has 144 valence electrons. The molecule has 1 saturated heterocycles. The maximum atomic E-state index is 12.9. The Kier molecular flexibility index (Phi) is 3.92. The van der Waals surface area contributed by atoms with Crippen molar-refractivity contribution in [2.75, 3.05) is 13.1 Å². The number of aromatic amines is 1. The van der Waals surface area contributed by atoms with E-state index in [9.17, 15) is 9.59 Å². The summed E-state index contributed by atoms with van der Waals surface area (Å²) in [6, 6.07) is 3.56. The van der Waals surface area contributed by atoms with E-state index in [1.165, 1.54) is 6.26 Å². The van der Waals surface area contributed by atoms with Crippen LogP contribution in [0.25, 0.3) is 11.0 Å². The van der Waals surface area contributed by atoms with Gasteiger partial charge in [-0.05, 0) is 30.9 Å². The van der Waals surface area contributed by atoms with Crippen molar-refractivity contribution in [2.24, 2.45) is 5.92 Å². The van der Waals surface area contributed by atoms with E-state index in [0.29, 0.717) is 36.2 Å². The van der Waals surface area contributed by atoms with Crippen LogP contribution in [0.15, 0.2) is 35.2 Å². The minimum Gasteiger partial charge on any atom is -0.448 e. The van der Waals surface area contributed by atoms with E-state index in [2.05, 4.69) is 20.3 Å². The molecule has 1 saturated carbocycles. The number of hydrogen-bond donors (Lipinski definition) is 2. The van der Waals surface area contributed by atoms with Gasteiger partial charge in [0.25, 0.3) is 11.8 Å². The molecule has 2 N–H and O–H groups in total. The Bertz CT molecular complexity index is 1050. The molecule has 8 heteroatoms. The highest BCUT2D eigenvalue weighted by Crippen LogP contribution is 2.39. The highest BCUT2D eigenvalue weighted by molar-refractivity contribution is 5.97. The number of pyridine rings is 1. The van der Waals surface area contributed by atoms with Gasteiger partial charge in [-0.15, -0.1) is 0 Å². The normalized spacial score (nSPS) is 22.0. The van der Waals surface area contributed by atoms with Gasteiger partial charge in [0.15, 0.2) is 11.6 Å². The molecule has 2 aliphatic rings. The number of nitrogens with zero attached hydrogens (tertiary/aromatic N) is 3. The maximum Gasteiger partial charge on any atom is 0.273 e. The van der Waals surface area contributed by atoms with Gasteiger partial charge in [-0.25, -0.2) is 4.98 Å². The fraction of sp³-hybridized carbons (Fsp3) is 0.400. The van der Waals surface area contributed by atoms with Gasteiger partial charge < -0.3 is 19.6 Å². The topological polar surface area (TPSA) is 104 Å². The first-order chi connectivity index (χ1) is 13.6. The molecule has 2 atom stereocenters. The third-order valence-electron chi connectivity index (χ3n) is 5.54. The van der Waals surface area contributed by atoms with E-state index in [0.717, 1.165) is 23.9 Å². The number of likely N-dealkylation sites (tertiary alicyclic amines) is 1. The van der Waals surface area contributed by atoms with Gasteiger partial charge in [-0.3, -0.25) is 14.6 Å². The molecule has 28 heavy (non-hydrogen) atoms. The Balaban J connectivity index is 1.26. The second-order valence-electron chi connectivity index (χ2n) is 7.75. The fourth-order valence-corrected chi connectivity index (χ4v) is 3.71. The van der Waals surface area contributed by atoms with Crippen molar-refractivity contribution >= 4 is 22.8 Å². The Hall–Kier alpha value is -3.16. The summed E-state index contributed by atoms with van der Waals surface area (Å²) in [5.74, 6) is 0.825. The molecular weight excluding hydrogens is 358 g/mol. The van der Waals surface area contributed by atoms with Crippen LogP contribution >= 0.6 is 0 Å². The van der Waals surface area contributed by atoms with E-state index in [4.69, 9.17) is 4.42 Å². The molecular formula is C20H21N5O3. The average molecular weight is 379 g/mol. The van der Waals surface area contributed by atoms with Crippen LogP contribution in [0.1, 0.15) is 52.4 Å². The van der Waals surface area contributed by atoms with Gasteiger partial charge >= 0.3 is 0 Å². The number of nitrogens with one attached hydrogen (secondary N) is 2. The Morgan fingerprint density at radius 3 is 3.00 bits per heavy atom. The molecule has 4 heterocycles. The van der Waals surface area contributed by atoms with Crippen molar-refractivity contribution in [1.29, 1.82) is 0 Å². The standard InChI is InChI=1S/C20H21N5O3/c1-11-8-25(20(27)13-6-15-14(22-7-13)4-5-21-15)9-16(11)23-18(26)17-10-28-19(24-17)12-2-3-12/h4-7,10-12,16,21H,2-3,8-9H2,1H3,(H,23,26). The summed E-state index contributed by atoms with van der Waals surface area (Å²) in [5.41, 5.74) is 2.51. The molecule has 5 rings (SSSR count). The van der Waals surface area contributed by atoms with Gasteiger partial charge in [0.2, 0.25) is 0 Å². The lowest BCUT2D eigenvalue weighted by Gasteiger charge is -2.17. The van der Waals surface area contributed by atoms with Gasteiger partial charge in [0.05, 0.1) is 22.6 Å². The molecule has 2 unspecified atom stereocenters. The summed E-state index contributed by atoms with van der Waals surface area (Å²) < 4.78 is 5.40. The van der Waals surface area contributed by atoms with E-state index < -0.39 is 0 Å². The summed E-state index contributed by atoms with van der Waals surface area (Å²) in [5, 5.41) is 3.00. The average Bonchev–Trinajstić information content (AvgIpc) is 3.09. The van der Waals surface area contributed by atoms with Crippen molar-refractivity contribution in [3.63, 3.8) is 0 Å². The number of H-pyrrole nitrogens is 1. The summed E-state index contributed by atoms with van der Waals surface area (Å²) in [6.45, 7) is 3.07. The van der Waals surface area contributed by atoms with Crippen LogP contribution in [0.3, 0.4) is 0 Å². The van der Waals surface area contributed by atoms with Crippen molar-refractivity contribution in [3.8, 4) is 0 Å². The number of aromatic nitrogens is 3. The summed E-state index contributed by atoms with van der Waals surface area (Å²) >= 11 is 0. The molecule has 2 amide bonds. The number of fused-ring (bicyclic) bond motifs is 1. The first-order valence-electron chi connectivity index (χ1n) is 9.57. The predicted octanol–water partition coefficient (Wildman–Crippen LogP) is 2.32. The zero-order valence-corrected chi connectivity index (χ0v) is 15.5. The van der Waals surface area contributed by atoms with Crippen LogP contribution in [0.2, 0.25) is 0 Å². The third-order valence-corrected chi connectivity index (χ3v) is 5.54. The molecule has 8 nitrogen and oxygen atoms in total. The highest BCUT2D eigenvalue weighted by atomic mass is 16.3. The van der Waals surface area contributed by atoms with Crippen LogP contribution in [0.5, 0.6) is 0 Å². The summed E-state index contributed by atoms with van der Waals surface area (Å²) in [6.07, 6.45) is 6.96. The van der Waals surface area contributed by atoms with Crippen LogP contribution in [-0.2, 0) is 0 Å². The monoisotopic (exact) mass is 379 g/mol. The van der Waals surface area contributed by atoms with Crippen LogP contribution in [0, 0.1) is 5.92 Å². The molecule has 0 bridgehead atoms. The number of oxazole rings is 1. The van der Waals surface area contributed by atoms with E-state index >= 15 is 0 Å². The zero-order chi connectivity index (χ0) is 19.3. The van der Waals surface area contributed by atoms with Gasteiger partial charge in [-0.1, -0.05) is 6.92 Å². The maximum absolute atomic E-state index is 12.9. The molecule has 0 radical (unpaired) electrons. The van der Waals surface area contributed by atoms with Crippen LogP contribution in [0.4, 0.5) is 0 Å². The Morgan fingerprint density at radius 2 is 2.18 bits per heavy atom. The smallest absolute Gasteiger partial charge is 0.273 e. The number of carbonyl (C=O) groups excluding carboxylic acids is 2. The molecule has 3 aromatic rings. The lowest BCUT2D eigenvalue weighted by Crippen LogP contribution is -2.40. The minimum absolute atomic E-state index is 0.0787. The number of amides is 2. The molecule has 2 fully saturated rings. The molecule has 1 aliphatic heterocycles. The van der Waals surface area contributed by atoms with E-state index in [-0.39, 0.29) is 23.8 Å². The number of hydrogen-bond acceptors (Lipinski definition) is 5. The summed E-state index contributed by atoms with van der Waals surface area (Å²) in [4.78, 5) is 38.8. The van der Waals surface area contributed by atoms with E-state index in [1.807, 2.05) is 19.1 Å². The van der Waals surface area contributed by atoms with Gasteiger partial charge in [0.1, 0.15) is 6.26 Å². The van der Waals surface area contributed by atoms with Crippen LogP contribution in [-0.4, -0.2) is 50.8 Å². The molecule has 0 aromatic carbocycles. The highest BCUT2D eigenvalue weighted by Gasteiger charge is 2.35. The lowest BCUT2D eigenvalue weighted by atomic mass is 10.1. The molecule has 0 spiro atoms. The lowest BCUT2D eigenvalue weighted by molar-refractivity contribution is 0.0780. The predicted molar refractivity (Wildman–Crippen MR) is 101 cm³/mol. The van der Waals surface area contributed by atoms with Crippen molar-refractivity contribution < 1.29 is 14.0 Å². The molecule has 3 aromatic heterocycles. The van der Waals surface area contributed by atoms with Gasteiger partial charge in [0, 0.05) is 31.4 Å². The van der Waals surface area contributed by atoms with Crippen molar-refractivity contribution in [2.45, 2.75) is 31.7 Å². The largest absolute Gasteiger partial charge is 0.448 e. The first-order valence-corrected chi connectivity index (χ1v) is 9.57. The van der Waals surface area contributed by atoms with Crippen molar-refractivity contribution in [3.05, 3.63) is 47.9 Å². The SMILES string of the molecule is CC1CN(C(=O)c2cnc3cc[nH]c3c2)CC1NC(=O)c1coc(C2CC2)n1.